The molecule has 0 spiro atoms. The molecule has 0 N–H and O–H groups in total. The zero-order valence-electron chi connectivity index (χ0n) is 21.7. The zero-order valence-corrected chi connectivity index (χ0v) is 23.3. The first-order valence-electron chi connectivity index (χ1n) is 13.1. The normalized spacial score (nSPS) is 19.4. The highest BCUT2D eigenvalue weighted by molar-refractivity contribution is 6.30. The highest BCUT2D eigenvalue weighted by Crippen LogP contribution is 2.33. The fraction of sp³-hybridized carbons (Fsp3) is 0.517. The van der Waals surface area contributed by atoms with E-state index >= 15 is 0 Å². The van der Waals surface area contributed by atoms with Gasteiger partial charge in [-0.3, -0.25) is 14.5 Å². The second-order valence-electron chi connectivity index (χ2n) is 10.2. The zero-order chi connectivity index (χ0) is 26.4. The Morgan fingerprint density at radius 1 is 0.919 bits per heavy atom. The van der Waals surface area contributed by atoms with Gasteiger partial charge in [-0.05, 0) is 60.6 Å². The highest BCUT2D eigenvalue weighted by atomic mass is 35.5. The number of hydrogen-bond donors (Lipinski definition) is 0. The molecule has 8 heteroatoms. The van der Waals surface area contributed by atoms with Gasteiger partial charge in [0.25, 0.3) is 0 Å². The van der Waals surface area contributed by atoms with E-state index in [4.69, 9.17) is 27.9 Å². The summed E-state index contributed by atoms with van der Waals surface area (Å²) in [4.78, 5) is 31.6. The van der Waals surface area contributed by atoms with Crippen LogP contribution >= 0.6 is 23.2 Å². The Hall–Kier alpha value is -2.12. The number of nitrogens with zero attached hydrogens (tertiary/aromatic N) is 3. The van der Waals surface area contributed by atoms with Crippen molar-refractivity contribution < 1.29 is 14.3 Å². The van der Waals surface area contributed by atoms with Gasteiger partial charge in [-0.2, -0.15) is 0 Å². The molecule has 37 heavy (non-hydrogen) atoms. The number of carbonyl (C=O) groups excluding carboxylic acids is 2. The molecule has 1 atom stereocenters. The van der Waals surface area contributed by atoms with E-state index in [1.165, 1.54) is 0 Å². The molecule has 2 aromatic rings. The Bertz CT molecular complexity index is 994. The topological polar surface area (TPSA) is 53.1 Å². The van der Waals surface area contributed by atoms with Crippen LogP contribution in [0.4, 0.5) is 0 Å². The average molecular weight is 547 g/mol. The fourth-order valence-corrected chi connectivity index (χ4v) is 5.92. The van der Waals surface area contributed by atoms with Gasteiger partial charge in [0.2, 0.25) is 11.8 Å². The lowest BCUT2D eigenvalue weighted by atomic mass is 9.91. The molecule has 2 heterocycles. The maximum absolute atomic E-state index is 13.5. The maximum atomic E-state index is 13.5. The van der Waals surface area contributed by atoms with Gasteiger partial charge in [0, 0.05) is 75.9 Å². The minimum Gasteiger partial charge on any atom is -0.385 e. The number of halogens is 2. The molecule has 2 aromatic carbocycles. The summed E-state index contributed by atoms with van der Waals surface area (Å²) in [5, 5.41) is 1.42. The van der Waals surface area contributed by atoms with Gasteiger partial charge in [-0.25, -0.2) is 0 Å². The first kappa shape index (κ1) is 27.9. The maximum Gasteiger partial charge on any atom is 0.223 e. The smallest absolute Gasteiger partial charge is 0.223 e. The molecule has 0 unspecified atom stereocenters. The molecule has 4 rings (SSSR count). The molecule has 0 saturated carbocycles. The summed E-state index contributed by atoms with van der Waals surface area (Å²) in [5.41, 5.74) is 2.32. The number of piperidine rings is 1. The Morgan fingerprint density at radius 2 is 1.49 bits per heavy atom. The van der Waals surface area contributed by atoms with Crippen LogP contribution in [0.3, 0.4) is 0 Å². The van der Waals surface area contributed by atoms with Gasteiger partial charge in [0.05, 0.1) is 6.04 Å². The Kier molecular flexibility index (Phi) is 9.88. The second kappa shape index (κ2) is 13.1. The third-order valence-corrected chi connectivity index (χ3v) is 8.25. The van der Waals surface area contributed by atoms with E-state index in [0.29, 0.717) is 35.5 Å². The monoisotopic (exact) mass is 545 g/mol. The molecule has 0 aliphatic carbocycles. The van der Waals surface area contributed by atoms with Crippen molar-refractivity contribution in [1.29, 1.82) is 0 Å². The van der Waals surface area contributed by atoms with Crippen LogP contribution in [0.25, 0.3) is 0 Å². The van der Waals surface area contributed by atoms with E-state index in [0.717, 1.165) is 56.6 Å². The Balaban J connectivity index is 1.49. The predicted octanol–water partition coefficient (Wildman–Crippen LogP) is 5.28. The Morgan fingerprint density at radius 3 is 2.00 bits per heavy atom. The number of rotatable bonds is 8. The minimum atomic E-state index is 0.0349. The summed E-state index contributed by atoms with van der Waals surface area (Å²) < 4.78 is 5.42. The van der Waals surface area contributed by atoms with Gasteiger partial charge >= 0.3 is 0 Å². The Labute approximate surface area is 230 Å². The fourth-order valence-electron chi connectivity index (χ4n) is 5.66. The third kappa shape index (κ3) is 7.26. The van der Waals surface area contributed by atoms with E-state index < -0.39 is 0 Å². The van der Waals surface area contributed by atoms with Crippen LogP contribution in [0.1, 0.15) is 49.8 Å². The molecular formula is C29H37Cl2N3O3. The van der Waals surface area contributed by atoms with Gasteiger partial charge in [-0.15, -0.1) is 0 Å². The van der Waals surface area contributed by atoms with Gasteiger partial charge < -0.3 is 14.5 Å². The number of hydrogen-bond acceptors (Lipinski definition) is 4. The molecule has 2 saturated heterocycles. The number of ether oxygens (including phenoxy) is 1. The molecule has 2 fully saturated rings. The molecule has 2 amide bonds. The number of methoxy groups -OCH3 is 1. The van der Waals surface area contributed by atoms with Crippen LogP contribution in [0.5, 0.6) is 0 Å². The van der Waals surface area contributed by atoms with Crippen LogP contribution in [0.2, 0.25) is 10.0 Å². The van der Waals surface area contributed by atoms with E-state index in [-0.39, 0.29) is 23.9 Å². The van der Waals surface area contributed by atoms with E-state index in [1.807, 2.05) is 29.2 Å². The summed E-state index contributed by atoms with van der Waals surface area (Å²) in [7, 11) is 1.71. The second-order valence-corrected chi connectivity index (χ2v) is 11.0. The van der Waals surface area contributed by atoms with Crippen molar-refractivity contribution in [2.45, 2.75) is 44.7 Å². The number of piperazine rings is 1. The number of benzene rings is 2. The van der Waals surface area contributed by atoms with E-state index in [2.05, 4.69) is 34.1 Å². The molecule has 0 bridgehead atoms. The summed E-state index contributed by atoms with van der Waals surface area (Å²) in [6, 6.07) is 16.1. The highest BCUT2D eigenvalue weighted by Gasteiger charge is 2.35. The van der Waals surface area contributed by atoms with Crippen molar-refractivity contribution in [2.24, 2.45) is 5.92 Å². The first-order chi connectivity index (χ1) is 17.9. The number of carbonyl (C=O) groups is 2. The third-order valence-electron chi connectivity index (χ3n) is 7.75. The number of likely N-dealkylation sites (tertiary alicyclic amines) is 1. The standard InChI is InChI=1S/C29H37Cl2N3O3/c1-21(35)32-14-11-22(12-15-32)19-28(36)34-17-16-33(20-27(34)13-18-37-2)29(23-3-7-25(30)8-4-23)24-5-9-26(31)10-6-24/h3-10,22,27,29H,11-20H2,1-2H3/t27-/m0/s1. The SMILES string of the molecule is COCC[C@H]1CN(C(c2ccc(Cl)cc2)c2ccc(Cl)cc2)CCN1C(=O)CC1CCN(C(C)=O)CC1. The van der Waals surface area contributed by atoms with Crippen LogP contribution in [0, 0.1) is 5.92 Å². The average Bonchev–Trinajstić information content (AvgIpc) is 2.90. The van der Waals surface area contributed by atoms with Gasteiger partial charge in [0.15, 0.2) is 0 Å². The molecule has 0 aromatic heterocycles. The van der Waals surface area contributed by atoms with Crippen LogP contribution in [-0.2, 0) is 14.3 Å². The molecule has 2 aliphatic rings. The summed E-state index contributed by atoms with van der Waals surface area (Å²) >= 11 is 12.4. The lowest BCUT2D eigenvalue weighted by Gasteiger charge is -2.45. The van der Waals surface area contributed by atoms with E-state index in [1.54, 1.807) is 14.0 Å². The lowest BCUT2D eigenvalue weighted by molar-refractivity contribution is -0.138. The predicted molar refractivity (Wildman–Crippen MR) is 148 cm³/mol. The van der Waals surface area contributed by atoms with Crippen LogP contribution in [-0.4, -0.2) is 79.0 Å². The van der Waals surface area contributed by atoms with Gasteiger partial charge in [-0.1, -0.05) is 47.5 Å². The minimum absolute atomic E-state index is 0.0349. The van der Waals surface area contributed by atoms with Crippen molar-refractivity contribution >= 4 is 35.0 Å². The summed E-state index contributed by atoms with van der Waals surface area (Å²) in [5.74, 6) is 0.674. The first-order valence-corrected chi connectivity index (χ1v) is 13.9. The molecular weight excluding hydrogens is 509 g/mol. The van der Waals surface area contributed by atoms with Crippen molar-refractivity contribution in [1.82, 2.24) is 14.7 Å². The summed E-state index contributed by atoms with van der Waals surface area (Å²) in [6.45, 7) is 5.92. The quantitative estimate of drug-likeness (QED) is 0.452. The van der Waals surface area contributed by atoms with E-state index in [9.17, 15) is 9.59 Å². The largest absolute Gasteiger partial charge is 0.385 e. The molecule has 2 aliphatic heterocycles. The lowest BCUT2D eigenvalue weighted by Crippen LogP contribution is -2.56. The van der Waals surface area contributed by atoms with Gasteiger partial charge in [0.1, 0.15) is 0 Å². The molecule has 6 nitrogen and oxygen atoms in total. The summed E-state index contributed by atoms with van der Waals surface area (Å²) in [6.07, 6.45) is 3.12. The van der Waals surface area contributed by atoms with Crippen LogP contribution in [0.15, 0.2) is 48.5 Å². The van der Waals surface area contributed by atoms with Crippen LogP contribution < -0.4 is 0 Å². The van der Waals surface area contributed by atoms with Crippen molar-refractivity contribution in [3.63, 3.8) is 0 Å². The number of amides is 2. The van der Waals surface area contributed by atoms with Crippen molar-refractivity contribution in [3.8, 4) is 0 Å². The van der Waals surface area contributed by atoms with Crippen molar-refractivity contribution in [2.75, 3.05) is 46.4 Å². The van der Waals surface area contributed by atoms with Crippen molar-refractivity contribution in [3.05, 3.63) is 69.7 Å². The molecule has 200 valence electrons. The molecule has 0 radical (unpaired) electrons.